The summed E-state index contributed by atoms with van der Waals surface area (Å²) in [5.74, 6) is -2.03. The fraction of sp³-hybridized carbons (Fsp3) is 0. The van der Waals surface area contributed by atoms with Crippen LogP contribution in [0.4, 0.5) is 0 Å². The molecule has 0 atom stereocenters. The molecular formula is C20H14O4. The van der Waals surface area contributed by atoms with Crippen LogP contribution in [0.5, 0.6) is 0 Å². The van der Waals surface area contributed by atoms with Crippen molar-refractivity contribution in [3.63, 3.8) is 0 Å². The van der Waals surface area contributed by atoms with E-state index in [2.05, 4.69) is 0 Å². The zero-order valence-electron chi connectivity index (χ0n) is 12.6. The quantitative estimate of drug-likeness (QED) is 0.559. The third-order valence-corrected chi connectivity index (χ3v) is 3.80. The van der Waals surface area contributed by atoms with Gasteiger partial charge in [0.2, 0.25) is 0 Å². The fourth-order valence-corrected chi connectivity index (χ4v) is 2.86. The number of rotatable bonds is 4. The SMILES string of the molecule is O=C(O)C=Cc1c2ccccc2c(C=CC(=O)O)c2ccccc12. The number of carboxylic acids is 2. The molecule has 0 unspecified atom stereocenters. The van der Waals surface area contributed by atoms with E-state index < -0.39 is 11.9 Å². The summed E-state index contributed by atoms with van der Waals surface area (Å²) < 4.78 is 0. The molecule has 0 bridgehead atoms. The summed E-state index contributed by atoms with van der Waals surface area (Å²) in [4.78, 5) is 21.9. The number of fused-ring (bicyclic) bond motifs is 2. The molecule has 0 radical (unpaired) electrons. The molecule has 24 heavy (non-hydrogen) atoms. The van der Waals surface area contributed by atoms with Crippen LogP contribution < -0.4 is 0 Å². The van der Waals surface area contributed by atoms with E-state index >= 15 is 0 Å². The van der Waals surface area contributed by atoms with Crippen LogP contribution >= 0.6 is 0 Å². The molecule has 4 heteroatoms. The van der Waals surface area contributed by atoms with Crippen LogP contribution in [0.2, 0.25) is 0 Å². The molecule has 0 saturated heterocycles. The largest absolute Gasteiger partial charge is 0.478 e. The molecule has 4 nitrogen and oxygen atoms in total. The first-order valence-corrected chi connectivity index (χ1v) is 7.33. The molecule has 0 aliphatic heterocycles. The first kappa shape index (κ1) is 15.5. The Kier molecular flexibility index (Phi) is 4.12. The first-order valence-electron chi connectivity index (χ1n) is 7.33. The van der Waals surface area contributed by atoms with Crippen molar-refractivity contribution in [3.8, 4) is 0 Å². The number of aliphatic carboxylic acids is 2. The fourth-order valence-electron chi connectivity index (χ4n) is 2.86. The molecule has 3 rings (SSSR count). The summed E-state index contributed by atoms with van der Waals surface area (Å²) in [5.41, 5.74) is 1.60. The van der Waals surface area contributed by atoms with Gasteiger partial charge in [-0.1, -0.05) is 48.5 Å². The molecule has 118 valence electrons. The van der Waals surface area contributed by atoms with Gasteiger partial charge in [-0.2, -0.15) is 0 Å². The highest BCUT2D eigenvalue weighted by Gasteiger charge is 2.10. The minimum Gasteiger partial charge on any atom is -0.478 e. The van der Waals surface area contributed by atoms with Crippen LogP contribution in [0.15, 0.2) is 60.7 Å². The maximum atomic E-state index is 10.9. The Bertz CT molecular complexity index is 874. The lowest BCUT2D eigenvalue weighted by molar-refractivity contribution is -0.132. The van der Waals surface area contributed by atoms with E-state index in [1.54, 1.807) is 12.2 Å². The Labute approximate surface area is 138 Å². The zero-order chi connectivity index (χ0) is 17.1. The first-order chi connectivity index (χ1) is 11.6. The second kappa shape index (κ2) is 6.38. The predicted octanol–water partition coefficient (Wildman–Crippen LogP) is 4.19. The van der Waals surface area contributed by atoms with Gasteiger partial charge in [-0.25, -0.2) is 9.59 Å². The van der Waals surface area contributed by atoms with Gasteiger partial charge >= 0.3 is 11.9 Å². The van der Waals surface area contributed by atoms with Crippen LogP contribution in [0.25, 0.3) is 33.7 Å². The van der Waals surface area contributed by atoms with Crippen LogP contribution in [0.3, 0.4) is 0 Å². The smallest absolute Gasteiger partial charge is 0.328 e. The van der Waals surface area contributed by atoms with Gasteiger partial charge < -0.3 is 10.2 Å². The van der Waals surface area contributed by atoms with Crippen molar-refractivity contribution >= 4 is 45.6 Å². The number of hydrogen-bond donors (Lipinski definition) is 2. The summed E-state index contributed by atoms with van der Waals surface area (Å²) >= 11 is 0. The van der Waals surface area contributed by atoms with Crippen molar-refractivity contribution in [1.29, 1.82) is 0 Å². The second-order valence-corrected chi connectivity index (χ2v) is 5.26. The molecule has 0 aliphatic carbocycles. The lowest BCUT2D eigenvalue weighted by atomic mass is 9.91. The van der Waals surface area contributed by atoms with Crippen molar-refractivity contribution < 1.29 is 19.8 Å². The van der Waals surface area contributed by atoms with Crippen LogP contribution in [-0.2, 0) is 9.59 Å². The molecule has 2 N–H and O–H groups in total. The number of carboxylic acid groups (broad SMARTS) is 2. The van der Waals surface area contributed by atoms with E-state index in [1.807, 2.05) is 48.5 Å². The summed E-state index contributed by atoms with van der Waals surface area (Å²) in [6.07, 6.45) is 5.39. The lowest BCUT2D eigenvalue weighted by Crippen LogP contribution is -1.92. The summed E-state index contributed by atoms with van der Waals surface area (Å²) in [7, 11) is 0. The molecule has 0 saturated carbocycles. The van der Waals surface area contributed by atoms with Gasteiger partial charge in [0.05, 0.1) is 0 Å². The van der Waals surface area contributed by atoms with Crippen molar-refractivity contribution in [1.82, 2.24) is 0 Å². The predicted molar refractivity (Wildman–Crippen MR) is 94.8 cm³/mol. The van der Waals surface area contributed by atoms with Gasteiger partial charge in [0.1, 0.15) is 0 Å². The van der Waals surface area contributed by atoms with E-state index in [-0.39, 0.29) is 0 Å². The minimum atomic E-state index is -1.02. The number of benzene rings is 3. The molecule has 0 aliphatic rings. The Balaban J connectivity index is 2.45. The highest BCUT2D eigenvalue weighted by molar-refractivity contribution is 6.14. The normalized spacial score (nSPS) is 11.7. The van der Waals surface area contributed by atoms with Crippen LogP contribution in [0.1, 0.15) is 11.1 Å². The van der Waals surface area contributed by atoms with E-state index in [1.165, 1.54) is 0 Å². The molecule has 0 fully saturated rings. The topological polar surface area (TPSA) is 74.6 Å². The number of hydrogen-bond acceptors (Lipinski definition) is 2. The standard InChI is InChI=1S/C20H14O4/c21-19(22)11-9-17-13-5-1-2-6-14(13)18(10-12-20(23)24)16-8-4-3-7-15(16)17/h1-12H,(H,21,22)(H,23,24). The van der Waals surface area contributed by atoms with Gasteiger partial charge in [-0.05, 0) is 44.8 Å². The maximum absolute atomic E-state index is 10.9. The van der Waals surface area contributed by atoms with Crippen molar-refractivity contribution in [2.24, 2.45) is 0 Å². The Morgan fingerprint density at radius 3 is 1.17 bits per heavy atom. The Morgan fingerprint density at radius 2 is 0.917 bits per heavy atom. The zero-order valence-corrected chi connectivity index (χ0v) is 12.6. The summed E-state index contributed by atoms with van der Waals surface area (Å²) in [5, 5.41) is 21.4. The van der Waals surface area contributed by atoms with E-state index in [0.717, 1.165) is 44.8 Å². The van der Waals surface area contributed by atoms with E-state index in [9.17, 15) is 9.59 Å². The average Bonchev–Trinajstić information content (AvgIpc) is 2.57. The highest BCUT2D eigenvalue weighted by atomic mass is 16.4. The molecule has 0 amide bonds. The third-order valence-electron chi connectivity index (χ3n) is 3.80. The van der Waals surface area contributed by atoms with E-state index in [4.69, 9.17) is 10.2 Å². The summed E-state index contributed by atoms with van der Waals surface area (Å²) in [6.45, 7) is 0. The van der Waals surface area contributed by atoms with Gasteiger partial charge in [-0.15, -0.1) is 0 Å². The molecule has 0 heterocycles. The molecule has 3 aromatic rings. The van der Waals surface area contributed by atoms with E-state index in [0.29, 0.717) is 0 Å². The molecule has 3 aromatic carbocycles. The van der Waals surface area contributed by atoms with Crippen LogP contribution in [0, 0.1) is 0 Å². The van der Waals surface area contributed by atoms with Gasteiger partial charge in [0, 0.05) is 12.2 Å². The van der Waals surface area contributed by atoms with Crippen molar-refractivity contribution in [3.05, 3.63) is 71.8 Å². The maximum Gasteiger partial charge on any atom is 0.328 e. The average molecular weight is 318 g/mol. The monoisotopic (exact) mass is 318 g/mol. The summed E-state index contributed by atoms with van der Waals surface area (Å²) in [6, 6.07) is 15.1. The van der Waals surface area contributed by atoms with Crippen LogP contribution in [-0.4, -0.2) is 22.2 Å². The Hall–Kier alpha value is -3.40. The number of carbonyl (C=O) groups is 2. The van der Waals surface area contributed by atoms with Gasteiger partial charge in [-0.3, -0.25) is 0 Å². The highest BCUT2D eigenvalue weighted by Crippen LogP contribution is 2.34. The van der Waals surface area contributed by atoms with Gasteiger partial charge in [0.25, 0.3) is 0 Å². The molecule has 0 aromatic heterocycles. The van der Waals surface area contributed by atoms with Crippen molar-refractivity contribution in [2.75, 3.05) is 0 Å². The second-order valence-electron chi connectivity index (χ2n) is 5.26. The molecular weight excluding hydrogens is 304 g/mol. The minimum absolute atomic E-state index is 0.802. The van der Waals surface area contributed by atoms with Gasteiger partial charge in [0.15, 0.2) is 0 Å². The lowest BCUT2D eigenvalue weighted by Gasteiger charge is -2.12. The third kappa shape index (κ3) is 2.90. The van der Waals surface area contributed by atoms with Crippen molar-refractivity contribution in [2.45, 2.75) is 0 Å². The molecule has 0 spiro atoms. The Morgan fingerprint density at radius 1 is 0.625 bits per heavy atom.